The molecule has 0 N–H and O–H groups in total. The first kappa shape index (κ1) is 12.7. The second kappa shape index (κ2) is 4.96. The van der Waals surface area contributed by atoms with E-state index >= 15 is 0 Å². The minimum absolute atomic E-state index is 0.0361. The Morgan fingerprint density at radius 2 is 2.25 bits per heavy atom. The summed E-state index contributed by atoms with van der Waals surface area (Å²) in [7, 11) is 3.40. The highest BCUT2D eigenvalue weighted by Crippen LogP contribution is 2.28. The van der Waals surface area contributed by atoms with E-state index in [0.29, 0.717) is 18.8 Å². The molecule has 6 nitrogen and oxygen atoms in total. The normalized spacial score (nSPS) is 14.0. The quantitative estimate of drug-likeness (QED) is 0.819. The summed E-state index contributed by atoms with van der Waals surface area (Å²) in [4.78, 5) is 14.3. The Morgan fingerprint density at radius 1 is 1.40 bits per heavy atom. The first-order valence-electron chi connectivity index (χ1n) is 6.49. The van der Waals surface area contributed by atoms with E-state index in [-0.39, 0.29) is 5.91 Å². The fourth-order valence-electron chi connectivity index (χ4n) is 2.58. The van der Waals surface area contributed by atoms with E-state index in [4.69, 9.17) is 4.74 Å². The van der Waals surface area contributed by atoms with Gasteiger partial charge in [-0.05, 0) is 18.1 Å². The molecule has 2 aromatic rings. The van der Waals surface area contributed by atoms with Crippen LogP contribution in [0.4, 0.5) is 0 Å². The Morgan fingerprint density at radius 3 is 2.95 bits per heavy atom. The first-order chi connectivity index (χ1) is 9.70. The van der Waals surface area contributed by atoms with Crippen molar-refractivity contribution in [1.29, 1.82) is 0 Å². The summed E-state index contributed by atoms with van der Waals surface area (Å²) < 4.78 is 6.88. The maximum Gasteiger partial charge on any atom is 0.274 e. The maximum atomic E-state index is 12.4. The molecule has 1 amide bonds. The molecule has 2 heterocycles. The Labute approximate surface area is 117 Å². The monoisotopic (exact) mass is 272 g/mol. The van der Waals surface area contributed by atoms with Gasteiger partial charge in [0, 0.05) is 25.7 Å². The standard InChI is InChI=1S/C14H16N4O2/c1-17-12(8-15-16-17)14(19)18-7-6-11-10(9-18)4-3-5-13(11)20-2/h3-5,8H,6-7,9H2,1-2H3. The number of hydrogen-bond donors (Lipinski definition) is 0. The number of nitrogens with zero attached hydrogens (tertiary/aromatic N) is 4. The SMILES string of the molecule is COc1cccc2c1CCN(C(=O)c1cnnn1C)C2. The molecular weight excluding hydrogens is 256 g/mol. The van der Waals surface area contributed by atoms with Gasteiger partial charge in [0.05, 0.1) is 13.3 Å². The zero-order valence-electron chi connectivity index (χ0n) is 11.5. The molecule has 0 fully saturated rings. The van der Waals surface area contributed by atoms with Gasteiger partial charge in [-0.2, -0.15) is 0 Å². The predicted molar refractivity (Wildman–Crippen MR) is 72.4 cm³/mol. The molecule has 0 unspecified atom stereocenters. The first-order valence-corrected chi connectivity index (χ1v) is 6.49. The lowest BCUT2D eigenvalue weighted by Gasteiger charge is -2.29. The minimum Gasteiger partial charge on any atom is -0.496 e. The molecule has 0 spiro atoms. The number of aryl methyl sites for hydroxylation is 1. The molecule has 1 aromatic carbocycles. The maximum absolute atomic E-state index is 12.4. The number of benzene rings is 1. The third kappa shape index (κ3) is 2.03. The van der Waals surface area contributed by atoms with Crippen LogP contribution < -0.4 is 4.74 Å². The lowest BCUT2D eigenvalue weighted by atomic mass is 9.98. The third-order valence-electron chi connectivity index (χ3n) is 3.66. The lowest BCUT2D eigenvalue weighted by Crippen LogP contribution is -2.37. The van der Waals surface area contributed by atoms with Crippen LogP contribution in [0.25, 0.3) is 0 Å². The summed E-state index contributed by atoms with van der Waals surface area (Å²) in [5, 5.41) is 7.56. The molecule has 1 aliphatic rings. The molecule has 0 bridgehead atoms. The van der Waals surface area contributed by atoms with Crippen molar-refractivity contribution >= 4 is 5.91 Å². The van der Waals surface area contributed by atoms with Gasteiger partial charge in [0.2, 0.25) is 0 Å². The van der Waals surface area contributed by atoms with Crippen molar-refractivity contribution in [2.24, 2.45) is 7.05 Å². The van der Waals surface area contributed by atoms with Crippen molar-refractivity contribution in [2.45, 2.75) is 13.0 Å². The van der Waals surface area contributed by atoms with Crippen molar-refractivity contribution in [3.8, 4) is 5.75 Å². The summed E-state index contributed by atoms with van der Waals surface area (Å²) in [6.07, 6.45) is 2.31. The summed E-state index contributed by atoms with van der Waals surface area (Å²) >= 11 is 0. The fourth-order valence-corrected chi connectivity index (χ4v) is 2.58. The van der Waals surface area contributed by atoms with E-state index in [9.17, 15) is 4.79 Å². The molecule has 20 heavy (non-hydrogen) atoms. The van der Waals surface area contributed by atoms with Gasteiger partial charge in [-0.3, -0.25) is 4.79 Å². The van der Waals surface area contributed by atoms with Crippen molar-refractivity contribution in [2.75, 3.05) is 13.7 Å². The predicted octanol–water partition coefficient (Wildman–Crippen LogP) is 1.02. The number of methoxy groups -OCH3 is 1. The van der Waals surface area contributed by atoms with Gasteiger partial charge in [-0.15, -0.1) is 5.10 Å². The van der Waals surface area contributed by atoms with E-state index < -0.39 is 0 Å². The van der Waals surface area contributed by atoms with Crippen LogP contribution in [-0.2, 0) is 20.0 Å². The molecule has 6 heteroatoms. The van der Waals surface area contributed by atoms with Gasteiger partial charge >= 0.3 is 0 Å². The zero-order valence-corrected chi connectivity index (χ0v) is 11.5. The number of carbonyl (C=O) groups is 1. The summed E-state index contributed by atoms with van der Waals surface area (Å²) in [5.74, 6) is 0.864. The van der Waals surface area contributed by atoms with Crippen molar-refractivity contribution in [1.82, 2.24) is 19.9 Å². The largest absolute Gasteiger partial charge is 0.496 e. The van der Waals surface area contributed by atoms with E-state index in [1.807, 2.05) is 23.1 Å². The Bertz CT molecular complexity index is 650. The highest BCUT2D eigenvalue weighted by atomic mass is 16.5. The number of carbonyl (C=O) groups excluding carboxylic acids is 1. The molecule has 1 aliphatic heterocycles. The van der Waals surface area contributed by atoms with Crippen molar-refractivity contribution in [3.05, 3.63) is 41.2 Å². The number of aromatic nitrogens is 3. The van der Waals surface area contributed by atoms with Crippen LogP contribution in [0.3, 0.4) is 0 Å². The molecule has 3 rings (SSSR count). The second-order valence-electron chi connectivity index (χ2n) is 4.82. The fraction of sp³-hybridized carbons (Fsp3) is 0.357. The van der Waals surface area contributed by atoms with Crippen LogP contribution in [0.2, 0.25) is 0 Å². The molecule has 104 valence electrons. The second-order valence-corrected chi connectivity index (χ2v) is 4.82. The van der Waals surface area contributed by atoms with Crippen molar-refractivity contribution in [3.63, 3.8) is 0 Å². The van der Waals surface area contributed by atoms with Crippen LogP contribution >= 0.6 is 0 Å². The average Bonchev–Trinajstić information content (AvgIpc) is 2.91. The van der Waals surface area contributed by atoms with Gasteiger partial charge in [-0.25, -0.2) is 4.68 Å². The van der Waals surface area contributed by atoms with E-state index in [1.54, 1.807) is 14.2 Å². The van der Waals surface area contributed by atoms with Crippen LogP contribution in [0.5, 0.6) is 5.75 Å². The van der Waals surface area contributed by atoms with Crippen LogP contribution in [0, 0.1) is 0 Å². The lowest BCUT2D eigenvalue weighted by molar-refractivity contribution is 0.0722. The number of hydrogen-bond acceptors (Lipinski definition) is 4. The van der Waals surface area contributed by atoms with Crippen molar-refractivity contribution < 1.29 is 9.53 Å². The van der Waals surface area contributed by atoms with E-state index in [0.717, 1.165) is 17.7 Å². The summed E-state index contributed by atoms with van der Waals surface area (Å²) in [5.41, 5.74) is 2.85. The van der Waals surface area contributed by atoms with Gasteiger partial charge in [-0.1, -0.05) is 17.3 Å². The summed E-state index contributed by atoms with van der Waals surface area (Å²) in [6.45, 7) is 1.27. The number of fused-ring (bicyclic) bond motifs is 1. The zero-order chi connectivity index (χ0) is 14.1. The molecule has 0 saturated heterocycles. The smallest absolute Gasteiger partial charge is 0.274 e. The number of amides is 1. The minimum atomic E-state index is -0.0361. The Hall–Kier alpha value is -2.37. The topological polar surface area (TPSA) is 60.2 Å². The number of rotatable bonds is 2. The van der Waals surface area contributed by atoms with Gasteiger partial charge < -0.3 is 9.64 Å². The Kier molecular flexibility index (Phi) is 3.14. The molecule has 0 radical (unpaired) electrons. The molecule has 0 atom stereocenters. The van der Waals surface area contributed by atoms with E-state index in [1.165, 1.54) is 16.4 Å². The highest BCUT2D eigenvalue weighted by molar-refractivity contribution is 5.92. The molecule has 0 aliphatic carbocycles. The Balaban J connectivity index is 1.86. The van der Waals surface area contributed by atoms with Crippen LogP contribution in [-0.4, -0.2) is 39.5 Å². The van der Waals surface area contributed by atoms with Gasteiger partial charge in [0.15, 0.2) is 0 Å². The van der Waals surface area contributed by atoms with Crippen LogP contribution in [0.15, 0.2) is 24.4 Å². The highest BCUT2D eigenvalue weighted by Gasteiger charge is 2.25. The van der Waals surface area contributed by atoms with E-state index in [2.05, 4.69) is 10.3 Å². The molecule has 1 aromatic heterocycles. The molecular formula is C14H16N4O2. The molecule has 0 saturated carbocycles. The van der Waals surface area contributed by atoms with Gasteiger partial charge in [0.1, 0.15) is 11.4 Å². The average molecular weight is 272 g/mol. The summed E-state index contributed by atoms with van der Waals surface area (Å²) in [6, 6.07) is 5.96. The van der Waals surface area contributed by atoms with Crippen LogP contribution in [0.1, 0.15) is 21.6 Å². The number of ether oxygens (including phenoxy) is 1. The van der Waals surface area contributed by atoms with Gasteiger partial charge in [0.25, 0.3) is 5.91 Å². The third-order valence-corrected chi connectivity index (χ3v) is 3.66.